The summed E-state index contributed by atoms with van der Waals surface area (Å²) >= 11 is 0. The number of rotatable bonds is 4. The van der Waals surface area contributed by atoms with Crippen LogP contribution < -0.4 is 10.5 Å². The molecule has 0 spiro atoms. The Kier molecular flexibility index (Phi) is 4.83. The van der Waals surface area contributed by atoms with Gasteiger partial charge in [0, 0.05) is 17.6 Å². The van der Waals surface area contributed by atoms with E-state index in [0.717, 1.165) is 18.8 Å². The van der Waals surface area contributed by atoms with Gasteiger partial charge in [0.2, 0.25) is 0 Å². The van der Waals surface area contributed by atoms with Crippen LogP contribution in [-0.4, -0.2) is 31.1 Å². The molecule has 0 aliphatic carbocycles. The lowest BCUT2D eigenvalue weighted by atomic mass is 9.83. The van der Waals surface area contributed by atoms with E-state index in [-0.39, 0.29) is 0 Å². The smallest absolute Gasteiger partial charge is 0.123 e. The molecule has 1 aliphatic heterocycles. The second kappa shape index (κ2) is 6.40. The molecule has 2 unspecified atom stereocenters. The van der Waals surface area contributed by atoms with Crippen molar-refractivity contribution in [3.63, 3.8) is 0 Å². The van der Waals surface area contributed by atoms with Crippen molar-refractivity contribution in [2.24, 2.45) is 11.7 Å². The highest BCUT2D eigenvalue weighted by atomic mass is 16.5. The van der Waals surface area contributed by atoms with Crippen molar-refractivity contribution >= 4 is 0 Å². The molecule has 0 amide bonds. The van der Waals surface area contributed by atoms with Crippen LogP contribution in [0.25, 0.3) is 0 Å². The first kappa shape index (κ1) is 14.4. The van der Waals surface area contributed by atoms with Crippen LogP contribution in [0.2, 0.25) is 0 Å². The van der Waals surface area contributed by atoms with Gasteiger partial charge in [-0.1, -0.05) is 18.2 Å². The second-order valence-electron chi connectivity index (χ2n) is 5.66. The number of ether oxygens (including phenoxy) is 1. The minimum Gasteiger partial charge on any atom is -0.496 e. The molecule has 2 N–H and O–H groups in total. The highest BCUT2D eigenvalue weighted by Gasteiger charge is 2.34. The van der Waals surface area contributed by atoms with Gasteiger partial charge in [-0.05, 0) is 51.8 Å². The molecule has 1 saturated heterocycles. The van der Waals surface area contributed by atoms with Crippen molar-refractivity contribution in [1.82, 2.24) is 4.90 Å². The highest BCUT2D eigenvalue weighted by molar-refractivity contribution is 5.36. The first-order valence-electron chi connectivity index (χ1n) is 7.27. The van der Waals surface area contributed by atoms with E-state index in [1.54, 1.807) is 7.11 Å². The number of benzene rings is 1. The first-order chi connectivity index (χ1) is 9.19. The third-order valence-electron chi connectivity index (χ3n) is 4.22. The van der Waals surface area contributed by atoms with Crippen LogP contribution in [0.4, 0.5) is 0 Å². The molecule has 19 heavy (non-hydrogen) atoms. The van der Waals surface area contributed by atoms with E-state index in [1.807, 2.05) is 6.07 Å². The van der Waals surface area contributed by atoms with Crippen molar-refractivity contribution in [3.05, 3.63) is 29.8 Å². The molecule has 3 heteroatoms. The maximum atomic E-state index is 6.02. The Morgan fingerprint density at radius 2 is 2.11 bits per heavy atom. The largest absolute Gasteiger partial charge is 0.496 e. The van der Waals surface area contributed by atoms with Crippen molar-refractivity contribution in [1.29, 1.82) is 0 Å². The average molecular weight is 262 g/mol. The fourth-order valence-electron chi connectivity index (χ4n) is 3.27. The number of piperidine rings is 1. The predicted octanol–water partition coefficient (Wildman–Crippen LogP) is 2.82. The van der Waals surface area contributed by atoms with Crippen LogP contribution in [0, 0.1) is 5.92 Å². The number of nitrogens with two attached hydrogens (primary N) is 1. The summed E-state index contributed by atoms with van der Waals surface area (Å²) in [5.74, 6) is 1.51. The summed E-state index contributed by atoms with van der Waals surface area (Å²) < 4.78 is 5.55. The van der Waals surface area contributed by atoms with Gasteiger partial charge in [-0.15, -0.1) is 0 Å². The molecule has 0 saturated carbocycles. The molecule has 1 aromatic rings. The summed E-state index contributed by atoms with van der Waals surface area (Å²) in [6.45, 7) is 6.42. The summed E-state index contributed by atoms with van der Waals surface area (Å²) in [6.07, 6.45) is 2.45. The molecule has 0 aromatic heterocycles. The van der Waals surface area contributed by atoms with E-state index in [4.69, 9.17) is 10.5 Å². The van der Waals surface area contributed by atoms with Crippen LogP contribution in [0.3, 0.4) is 0 Å². The van der Waals surface area contributed by atoms with Gasteiger partial charge in [-0.3, -0.25) is 4.90 Å². The summed E-state index contributed by atoms with van der Waals surface area (Å²) in [6, 6.07) is 9.28. The highest BCUT2D eigenvalue weighted by Crippen LogP contribution is 2.40. The minimum atomic E-state index is 0.384. The fraction of sp³-hybridized carbons (Fsp3) is 0.625. The monoisotopic (exact) mass is 262 g/mol. The summed E-state index contributed by atoms with van der Waals surface area (Å²) in [5, 5.41) is 0. The zero-order chi connectivity index (χ0) is 13.8. The Morgan fingerprint density at radius 1 is 1.37 bits per heavy atom. The molecule has 0 bridgehead atoms. The van der Waals surface area contributed by atoms with Crippen molar-refractivity contribution < 1.29 is 4.74 Å². The van der Waals surface area contributed by atoms with Crippen molar-refractivity contribution in [2.75, 3.05) is 20.2 Å². The van der Waals surface area contributed by atoms with Crippen LogP contribution >= 0.6 is 0 Å². The van der Waals surface area contributed by atoms with Gasteiger partial charge in [0.05, 0.1) is 7.11 Å². The molecule has 2 rings (SSSR count). The molecule has 0 radical (unpaired) electrons. The number of hydrogen-bond donors (Lipinski definition) is 1. The third-order valence-corrected chi connectivity index (χ3v) is 4.22. The lowest BCUT2D eigenvalue weighted by molar-refractivity contribution is 0.0649. The van der Waals surface area contributed by atoms with Crippen LogP contribution in [0.1, 0.15) is 38.3 Å². The SMILES string of the molecule is COc1ccccc1C1C(CN)CCCN1C(C)C. The van der Waals surface area contributed by atoms with E-state index >= 15 is 0 Å². The van der Waals surface area contributed by atoms with Gasteiger partial charge >= 0.3 is 0 Å². The Morgan fingerprint density at radius 3 is 2.74 bits per heavy atom. The molecule has 1 aromatic carbocycles. The predicted molar refractivity (Wildman–Crippen MR) is 79.4 cm³/mol. The maximum absolute atomic E-state index is 6.02. The second-order valence-corrected chi connectivity index (χ2v) is 5.66. The minimum absolute atomic E-state index is 0.384. The Hall–Kier alpha value is -1.06. The molecule has 1 aliphatic rings. The van der Waals surface area contributed by atoms with Gasteiger partial charge in [-0.25, -0.2) is 0 Å². The van der Waals surface area contributed by atoms with Crippen molar-refractivity contribution in [2.45, 2.75) is 38.8 Å². The van der Waals surface area contributed by atoms with E-state index in [0.29, 0.717) is 18.0 Å². The van der Waals surface area contributed by atoms with E-state index < -0.39 is 0 Å². The molecule has 2 atom stereocenters. The number of hydrogen-bond acceptors (Lipinski definition) is 3. The quantitative estimate of drug-likeness (QED) is 0.907. The molecular formula is C16H26N2O. The molecule has 3 nitrogen and oxygen atoms in total. The van der Waals surface area contributed by atoms with Crippen LogP contribution in [-0.2, 0) is 0 Å². The zero-order valence-corrected chi connectivity index (χ0v) is 12.3. The van der Waals surface area contributed by atoms with Crippen molar-refractivity contribution in [3.8, 4) is 5.75 Å². The Bertz CT molecular complexity index is 405. The average Bonchev–Trinajstić information content (AvgIpc) is 2.46. The topological polar surface area (TPSA) is 38.5 Å². The van der Waals surface area contributed by atoms with Crippen LogP contribution in [0.15, 0.2) is 24.3 Å². The molecular weight excluding hydrogens is 236 g/mol. The summed E-state index contributed by atoms with van der Waals surface area (Å²) in [7, 11) is 1.75. The number of methoxy groups -OCH3 is 1. The molecule has 106 valence electrons. The normalized spacial score (nSPS) is 24.7. The lowest BCUT2D eigenvalue weighted by Crippen LogP contribution is -2.45. The van der Waals surface area contributed by atoms with E-state index in [9.17, 15) is 0 Å². The fourth-order valence-corrected chi connectivity index (χ4v) is 3.27. The number of para-hydroxylation sites is 1. The first-order valence-corrected chi connectivity index (χ1v) is 7.27. The summed E-state index contributed by atoms with van der Waals surface area (Å²) in [4.78, 5) is 2.57. The van der Waals surface area contributed by atoms with E-state index in [2.05, 4.69) is 36.9 Å². The maximum Gasteiger partial charge on any atom is 0.123 e. The van der Waals surface area contributed by atoms with Gasteiger partial charge in [0.25, 0.3) is 0 Å². The molecule has 1 heterocycles. The summed E-state index contributed by atoms with van der Waals surface area (Å²) in [5.41, 5.74) is 7.30. The van der Waals surface area contributed by atoms with Gasteiger partial charge in [0.15, 0.2) is 0 Å². The van der Waals surface area contributed by atoms with Gasteiger partial charge in [0.1, 0.15) is 5.75 Å². The van der Waals surface area contributed by atoms with E-state index in [1.165, 1.54) is 18.4 Å². The molecule has 1 fully saturated rings. The van der Waals surface area contributed by atoms with Crippen LogP contribution in [0.5, 0.6) is 5.75 Å². The van der Waals surface area contributed by atoms with Gasteiger partial charge in [-0.2, -0.15) is 0 Å². The van der Waals surface area contributed by atoms with Gasteiger partial charge < -0.3 is 10.5 Å². The Balaban J connectivity index is 2.39. The number of likely N-dealkylation sites (tertiary alicyclic amines) is 1. The third kappa shape index (κ3) is 2.93. The standard InChI is InChI=1S/C16H26N2O/c1-12(2)18-10-6-7-13(11-17)16(18)14-8-4-5-9-15(14)19-3/h4-5,8-9,12-13,16H,6-7,10-11,17H2,1-3H3. The Labute approximate surface area is 116 Å². The number of nitrogens with zero attached hydrogens (tertiary/aromatic N) is 1. The zero-order valence-electron chi connectivity index (χ0n) is 12.3. The lowest BCUT2D eigenvalue weighted by Gasteiger charge is -2.44.